The highest BCUT2D eigenvalue weighted by Crippen LogP contribution is 2.42. The number of nitrogens with zero attached hydrogens (tertiary/aromatic N) is 2. The van der Waals surface area contributed by atoms with Gasteiger partial charge in [-0.1, -0.05) is 50.2 Å². The Balaban J connectivity index is 0.00000101. The van der Waals surface area contributed by atoms with Gasteiger partial charge in [0.05, 0.1) is 37.1 Å². The van der Waals surface area contributed by atoms with Gasteiger partial charge in [0.1, 0.15) is 17.3 Å². The first-order chi connectivity index (χ1) is 23.1. The number of pyridine rings is 1. The molecule has 0 atom stereocenters. The number of ether oxygens (including phenoxy) is 2. The largest absolute Gasteiger partial charge is 0.497 e. The molecule has 262 valence electrons. The SMILES string of the molecule is CC(C)(C)O.COc1ccc(Cc2nc(C)c(CC(=O)O)c(N3CCC(C)(C)CC3)c2-c2ccc(OCCc3ccc(F)cc3)cc2)cc1. The van der Waals surface area contributed by atoms with Crippen molar-refractivity contribution in [1.29, 1.82) is 0 Å². The maximum Gasteiger partial charge on any atom is 0.307 e. The molecule has 5 rings (SSSR count). The predicted molar refractivity (Wildman–Crippen MR) is 194 cm³/mol. The number of aromatic nitrogens is 1. The molecule has 1 saturated heterocycles. The second-order valence-electron chi connectivity index (χ2n) is 14.5. The van der Waals surface area contributed by atoms with Crippen LogP contribution in [-0.4, -0.2) is 53.6 Å². The van der Waals surface area contributed by atoms with E-state index in [9.17, 15) is 14.3 Å². The second-order valence-corrected chi connectivity index (χ2v) is 14.5. The number of aliphatic hydroxyl groups is 1. The van der Waals surface area contributed by atoms with Crippen molar-refractivity contribution < 1.29 is 28.9 Å². The summed E-state index contributed by atoms with van der Waals surface area (Å²) in [6, 6.07) is 22.5. The lowest BCUT2D eigenvalue weighted by Crippen LogP contribution is -2.38. The Labute approximate surface area is 290 Å². The van der Waals surface area contributed by atoms with Crippen LogP contribution in [0.5, 0.6) is 11.5 Å². The van der Waals surface area contributed by atoms with E-state index >= 15 is 0 Å². The van der Waals surface area contributed by atoms with E-state index in [1.54, 1.807) is 40.0 Å². The molecule has 49 heavy (non-hydrogen) atoms. The maximum atomic E-state index is 13.3. The first-order valence-corrected chi connectivity index (χ1v) is 16.9. The number of piperidine rings is 1. The minimum Gasteiger partial charge on any atom is -0.497 e. The minimum absolute atomic E-state index is 0.0888. The Morgan fingerprint density at radius 2 is 1.47 bits per heavy atom. The summed E-state index contributed by atoms with van der Waals surface area (Å²) in [5.74, 6) is 0.412. The van der Waals surface area contributed by atoms with Crippen molar-refractivity contribution in [2.75, 3.05) is 31.7 Å². The standard InChI is InChI=1S/C37H41FN2O4.C4H10O/c1-25-32(24-34(41)42)36(40-20-18-37(2,3)19-21-40)35(33(39-25)23-27-7-13-30(43-4)14-8-27)28-9-15-31(16-10-28)44-22-17-26-5-11-29(38)12-6-26;1-4(2,3)5/h5-16H,17-24H2,1-4H3,(H,41,42);5H,1-3H3. The van der Waals surface area contributed by atoms with Gasteiger partial charge in [0.15, 0.2) is 0 Å². The van der Waals surface area contributed by atoms with Gasteiger partial charge < -0.3 is 24.6 Å². The third-order valence-corrected chi connectivity index (χ3v) is 8.56. The fraction of sp³-hybridized carbons (Fsp3) is 0.415. The summed E-state index contributed by atoms with van der Waals surface area (Å²) < 4.78 is 24.6. The molecule has 0 saturated carbocycles. The number of carboxylic acids is 1. The molecule has 0 radical (unpaired) electrons. The van der Waals surface area contributed by atoms with Crippen LogP contribution in [0.3, 0.4) is 0 Å². The molecule has 3 aromatic carbocycles. The Hall–Kier alpha value is -4.43. The highest BCUT2D eigenvalue weighted by molar-refractivity contribution is 5.87. The fourth-order valence-corrected chi connectivity index (χ4v) is 5.86. The monoisotopic (exact) mass is 670 g/mol. The molecular weight excluding hydrogens is 619 g/mol. The summed E-state index contributed by atoms with van der Waals surface area (Å²) in [5.41, 5.74) is 7.19. The Morgan fingerprint density at radius 3 is 2.02 bits per heavy atom. The van der Waals surface area contributed by atoms with Crippen LogP contribution < -0.4 is 14.4 Å². The molecule has 0 unspecified atom stereocenters. The van der Waals surface area contributed by atoms with E-state index < -0.39 is 11.6 Å². The number of carboxylic acid groups (broad SMARTS) is 1. The minimum atomic E-state index is -0.868. The van der Waals surface area contributed by atoms with Gasteiger partial charge in [-0.2, -0.15) is 0 Å². The van der Waals surface area contributed by atoms with Crippen LogP contribution in [0.1, 0.15) is 75.5 Å². The molecule has 2 heterocycles. The van der Waals surface area contributed by atoms with Gasteiger partial charge >= 0.3 is 5.97 Å². The molecule has 4 aromatic rings. The van der Waals surface area contributed by atoms with E-state index in [-0.39, 0.29) is 17.7 Å². The molecule has 7 nitrogen and oxygen atoms in total. The number of aryl methyl sites for hydroxylation is 1. The highest BCUT2D eigenvalue weighted by Gasteiger charge is 2.31. The van der Waals surface area contributed by atoms with Gasteiger partial charge in [0.25, 0.3) is 0 Å². The molecule has 8 heteroatoms. The van der Waals surface area contributed by atoms with E-state index in [2.05, 4.69) is 18.7 Å². The first-order valence-electron chi connectivity index (χ1n) is 16.9. The van der Waals surface area contributed by atoms with Gasteiger partial charge in [0, 0.05) is 42.8 Å². The number of methoxy groups -OCH3 is 1. The maximum absolute atomic E-state index is 13.3. The average Bonchev–Trinajstić information content (AvgIpc) is 3.03. The Kier molecular flexibility index (Phi) is 12.4. The third kappa shape index (κ3) is 11.3. The molecule has 0 amide bonds. The molecule has 0 bridgehead atoms. The molecule has 1 aliphatic heterocycles. The van der Waals surface area contributed by atoms with Crippen LogP contribution in [0.2, 0.25) is 0 Å². The van der Waals surface area contributed by atoms with Gasteiger partial charge in [-0.05, 0) is 99.0 Å². The van der Waals surface area contributed by atoms with Crippen molar-refractivity contribution >= 4 is 11.7 Å². The molecule has 0 aliphatic carbocycles. The lowest BCUT2D eigenvalue weighted by Gasteiger charge is -2.40. The average molecular weight is 671 g/mol. The lowest BCUT2D eigenvalue weighted by molar-refractivity contribution is -0.136. The summed E-state index contributed by atoms with van der Waals surface area (Å²) in [6.45, 7) is 13.9. The predicted octanol–water partition coefficient (Wildman–Crippen LogP) is 8.45. The van der Waals surface area contributed by atoms with Crippen LogP contribution in [-0.2, 0) is 24.1 Å². The topological polar surface area (TPSA) is 92.1 Å². The van der Waals surface area contributed by atoms with Gasteiger partial charge in [0.2, 0.25) is 0 Å². The number of rotatable bonds is 11. The van der Waals surface area contributed by atoms with Crippen LogP contribution in [0, 0.1) is 18.2 Å². The molecule has 2 N–H and O–H groups in total. The van der Waals surface area contributed by atoms with E-state index in [1.807, 2.05) is 55.5 Å². The van der Waals surface area contributed by atoms with Crippen LogP contribution in [0.4, 0.5) is 10.1 Å². The van der Waals surface area contributed by atoms with Crippen molar-refractivity contribution in [3.63, 3.8) is 0 Å². The Morgan fingerprint density at radius 1 is 0.918 bits per heavy atom. The van der Waals surface area contributed by atoms with E-state index in [0.717, 1.165) is 82.3 Å². The fourth-order valence-electron chi connectivity index (χ4n) is 5.86. The Bertz CT molecular complexity index is 1660. The lowest BCUT2D eigenvalue weighted by atomic mass is 9.81. The summed E-state index contributed by atoms with van der Waals surface area (Å²) in [6.07, 6.45) is 3.22. The first kappa shape index (κ1) is 37.4. The third-order valence-electron chi connectivity index (χ3n) is 8.56. The van der Waals surface area contributed by atoms with Gasteiger partial charge in [-0.15, -0.1) is 0 Å². The van der Waals surface area contributed by atoms with Crippen molar-refractivity contribution in [1.82, 2.24) is 4.98 Å². The summed E-state index contributed by atoms with van der Waals surface area (Å²) >= 11 is 0. The number of hydrogen-bond donors (Lipinski definition) is 2. The molecular formula is C41H51FN2O5. The van der Waals surface area contributed by atoms with Gasteiger partial charge in [-0.25, -0.2) is 4.39 Å². The second kappa shape index (κ2) is 16.3. The van der Waals surface area contributed by atoms with Crippen LogP contribution in [0.15, 0.2) is 72.8 Å². The van der Waals surface area contributed by atoms with Crippen molar-refractivity contribution in [3.8, 4) is 22.6 Å². The summed E-state index contributed by atoms with van der Waals surface area (Å²) in [7, 11) is 1.65. The van der Waals surface area contributed by atoms with Gasteiger partial charge in [-0.3, -0.25) is 9.78 Å². The number of carbonyl (C=O) groups is 1. The number of hydrogen-bond acceptors (Lipinski definition) is 6. The quantitative estimate of drug-likeness (QED) is 0.165. The van der Waals surface area contributed by atoms with E-state index in [0.29, 0.717) is 19.4 Å². The molecule has 0 spiro atoms. The van der Waals surface area contributed by atoms with Crippen molar-refractivity contribution in [3.05, 3.63) is 107 Å². The number of halogens is 1. The summed E-state index contributed by atoms with van der Waals surface area (Å²) in [4.78, 5) is 19.5. The highest BCUT2D eigenvalue weighted by atomic mass is 19.1. The number of benzene rings is 3. The zero-order valence-corrected chi connectivity index (χ0v) is 30.0. The molecule has 1 aromatic heterocycles. The van der Waals surface area contributed by atoms with Crippen LogP contribution >= 0.6 is 0 Å². The smallest absolute Gasteiger partial charge is 0.307 e. The zero-order chi connectivity index (χ0) is 35.8. The molecule has 1 aliphatic rings. The van der Waals surface area contributed by atoms with Crippen LogP contribution in [0.25, 0.3) is 11.1 Å². The summed E-state index contributed by atoms with van der Waals surface area (Å²) in [5, 5.41) is 18.5. The normalized spacial score (nSPS) is 14.1. The number of aliphatic carboxylic acids is 1. The van der Waals surface area contributed by atoms with E-state index in [4.69, 9.17) is 19.6 Å². The molecule has 1 fully saturated rings. The number of anilines is 1. The van der Waals surface area contributed by atoms with Crippen molar-refractivity contribution in [2.45, 2.75) is 79.2 Å². The van der Waals surface area contributed by atoms with Crippen molar-refractivity contribution in [2.24, 2.45) is 5.41 Å². The zero-order valence-electron chi connectivity index (χ0n) is 30.0. The van der Waals surface area contributed by atoms with E-state index in [1.165, 1.54) is 12.1 Å².